The van der Waals surface area contributed by atoms with Crippen molar-refractivity contribution < 1.29 is 19.1 Å². The van der Waals surface area contributed by atoms with Gasteiger partial charge in [0.2, 0.25) is 0 Å². The van der Waals surface area contributed by atoms with Gasteiger partial charge in [-0.1, -0.05) is 30.3 Å². The molecule has 0 aromatic heterocycles. The first-order valence-electron chi connectivity index (χ1n) is 6.54. The van der Waals surface area contributed by atoms with Crippen molar-refractivity contribution in [1.29, 1.82) is 0 Å². The van der Waals surface area contributed by atoms with Crippen LogP contribution in [0.3, 0.4) is 0 Å². The molecular formula is C17H16O4. The smallest absolute Gasteiger partial charge is 0.195 e. The molecule has 0 spiro atoms. The summed E-state index contributed by atoms with van der Waals surface area (Å²) in [6, 6.07) is 15.8. The zero-order valence-corrected chi connectivity index (χ0v) is 11.7. The van der Waals surface area contributed by atoms with Crippen molar-refractivity contribution in [1.82, 2.24) is 0 Å². The van der Waals surface area contributed by atoms with E-state index in [-0.39, 0.29) is 24.8 Å². The van der Waals surface area contributed by atoms with Crippen LogP contribution >= 0.6 is 0 Å². The van der Waals surface area contributed by atoms with Crippen molar-refractivity contribution in [2.75, 3.05) is 20.3 Å². The molecule has 4 nitrogen and oxygen atoms in total. The van der Waals surface area contributed by atoms with E-state index in [0.29, 0.717) is 16.9 Å². The molecule has 2 aromatic carbocycles. The molecule has 0 saturated heterocycles. The van der Waals surface area contributed by atoms with Gasteiger partial charge in [-0.05, 0) is 24.3 Å². The molecule has 0 heterocycles. The lowest BCUT2D eigenvalue weighted by atomic mass is 10.0. The van der Waals surface area contributed by atoms with Crippen LogP contribution in [-0.2, 0) is 9.53 Å². The maximum atomic E-state index is 12.2. The summed E-state index contributed by atoms with van der Waals surface area (Å²) < 4.78 is 10.0. The Kier molecular flexibility index (Phi) is 5.23. The van der Waals surface area contributed by atoms with Crippen molar-refractivity contribution in [2.24, 2.45) is 0 Å². The van der Waals surface area contributed by atoms with Gasteiger partial charge in [0.1, 0.15) is 19.0 Å². The average Bonchev–Trinajstić information content (AvgIpc) is 2.54. The van der Waals surface area contributed by atoms with Crippen LogP contribution in [0.2, 0.25) is 0 Å². The van der Waals surface area contributed by atoms with E-state index in [1.807, 2.05) is 18.2 Å². The third kappa shape index (κ3) is 4.26. The molecule has 4 heteroatoms. The second kappa shape index (κ2) is 7.36. The molecule has 0 aliphatic heterocycles. The van der Waals surface area contributed by atoms with Gasteiger partial charge < -0.3 is 9.47 Å². The summed E-state index contributed by atoms with van der Waals surface area (Å²) in [5, 5.41) is 0. The summed E-state index contributed by atoms with van der Waals surface area (Å²) in [6.45, 7) is -0.00953. The Morgan fingerprint density at radius 2 is 1.48 bits per heavy atom. The van der Waals surface area contributed by atoms with E-state index in [2.05, 4.69) is 0 Å². The first-order chi connectivity index (χ1) is 10.2. The molecule has 0 aliphatic carbocycles. The fraction of sp³-hybridized carbons (Fsp3) is 0.176. The van der Waals surface area contributed by atoms with Crippen LogP contribution in [0, 0.1) is 0 Å². The summed E-state index contributed by atoms with van der Waals surface area (Å²) >= 11 is 0. The molecule has 2 rings (SSSR count). The highest BCUT2D eigenvalue weighted by molar-refractivity contribution is 6.08. The minimum absolute atomic E-state index is 0.0323. The third-order valence-electron chi connectivity index (χ3n) is 2.86. The zero-order chi connectivity index (χ0) is 15.1. The van der Waals surface area contributed by atoms with Crippen LogP contribution in [0.4, 0.5) is 0 Å². The minimum atomic E-state index is -0.137. The molecule has 0 bridgehead atoms. The van der Waals surface area contributed by atoms with E-state index in [1.165, 1.54) is 7.11 Å². The van der Waals surface area contributed by atoms with Crippen LogP contribution in [0.5, 0.6) is 5.75 Å². The predicted octanol–water partition coefficient (Wildman–Crippen LogP) is 2.51. The zero-order valence-electron chi connectivity index (χ0n) is 11.7. The average molecular weight is 284 g/mol. The number of hydrogen-bond acceptors (Lipinski definition) is 4. The molecule has 0 N–H and O–H groups in total. The van der Waals surface area contributed by atoms with Crippen molar-refractivity contribution in [3.8, 4) is 5.75 Å². The van der Waals surface area contributed by atoms with E-state index >= 15 is 0 Å². The lowest BCUT2D eigenvalue weighted by molar-refractivity contribution is -0.124. The number of rotatable bonds is 7. The number of ketones is 2. The molecule has 0 saturated carbocycles. The molecule has 2 aromatic rings. The van der Waals surface area contributed by atoms with Crippen LogP contribution in [0.15, 0.2) is 54.6 Å². The molecule has 21 heavy (non-hydrogen) atoms. The molecule has 0 atom stereocenters. The molecule has 0 fully saturated rings. The van der Waals surface area contributed by atoms with Gasteiger partial charge in [0, 0.05) is 18.2 Å². The topological polar surface area (TPSA) is 52.6 Å². The highest BCUT2D eigenvalue weighted by Crippen LogP contribution is 2.15. The van der Waals surface area contributed by atoms with Crippen molar-refractivity contribution in [3.63, 3.8) is 0 Å². The van der Waals surface area contributed by atoms with Crippen molar-refractivity contribution in [3.05, 3.63) is 65.7 Å². The van der Waals surface area contributed by atoms with E-state index in [4.69, 9.17) is 9.47 Å². The number of carbonyl (C=O) groups is 2. The largest absolute Gasteiger partial charge is 0.486 e. The second-order valence-electron chi connectivity index (χ2n) is 4.48. The first-order valence-corrected chi connectivity index (χ1v) is 6.54. The summed E-state index contributed by atoms with van der Waals surface area (Å²) in [5.41, 5.74) is 1.22. The molecule has 0 amide bonds. The molecular weight excluding hydrogens is 268 g/mol. The monoisotopic (exact) mass is 284 g/mol. The highest BCUT2D eigenvalue weighted by Gasteiger charge is 2.08. The Labute approximate surface area is 123 Å². The second-order valence-corrected chi connectivity index (χ2v) is 4.48. The van der Waals surface area contributed by atoms with E-state index in [1.54, 1.807) is 36.4 Å². The van der Waals surface area contributed by atoms with Crippen LogP contribution in [0.1, 0.15) is 15.9 Å². The minimum Gasteiger partial charge on any atom is -0.486 e. The van der Waals surface area contributed by atoms with Crippen molar-refractivity contribution in [2.45, 2.75) is 0 Å². The number of Topliss-reactive ketones (excluding diaryl/α,β-unsaturated/α-hetero) is 1. The van der Waals surface area contributed by atoms with Crippen LogP contribution in [-0.4, -0.2) is 31.9 Å². The lowest BCUT2D eigenvalue weighted by Crippen LogP contribution is -2.16. The van der Waals surface area contributed by atoms with Gasteiger partial charge in [-0.15, -0.1) is 0 Å². The van der Waals surface area contributed by atoms with Gasteiger partial charge in [0.15, 0.2) is 11.6 Å². The quantitative estimate of drug-likeness (QED) is 0.733. The Balaban J connectivity index is 1.99. The SMILES string of the molecule is COCC(=O)COc1ccc(C(=O)c2ccccc2)cc1. The van der Waals surface area contributed by atoms with Gasteiger partial charge in [-0.2, -0.15) is 0 Å². The van der Waals surface area contributed by atoms with Crippen LogP contribution < -0.4 is 4.74 Å². The first kappa shape index (κ1) is 14.9. The Morgan fingerprint density at radius 3 is 2.10 bits per heavy atom. The summed E-state index contributed by atoms with van der Waals surface area (Å²) in [6.07, 6.45) is 0. The Bertz CT molecular complexity index is 602. The predicted molar refractivity (Wildman–Crippen MR) is 78.7 cm³/mol. The Hall–Kier alpha value is -2.46. The van der Waals surface area contributed by atoms with E-state index in [0.717, 1.165) is 0 Å². The third-order valence-corrected chi connectivity index (χ3v) is 2.86. The number of ether oxygens (including phenoxy) is 2. The number of methoxy groups -OCH3 is 1. The Morgan fingerprint density at radius 1 is 0.857 bits per heavy atom. The fourth-order valence-electron chi connectivity index (χ4n) is 1.83. The van der Waals surface area contributed by atoms with E-state index < -0.39 is 0 Å². The van der Waals surface area contributed by atoms with Crippen LogP contribution in [0.25, 0.3) is 0 Å². The molecule has 0 radical (unpaired) electrons. The fourth-order valence-corrected chi connectivity index (χ4v) is 1.83. The van der Waals surface area contributed by atoms with Gasteiger partial charge in [-0.3, -0.25) is 9.59 Å². The number of benzene rings is 2. The maximum absolute atomic E-state index is 12.2. The van der Waals surface area contributed by atoms with Gasteiger partial charge >= 0.3 is 0 Å². The van der Waals surface area contributed by atoms with E-state index in [9.17, 15) is 9.59 Å². The number of hydrogen-bond donors (Lipinski definition) is 0. The highest BCUT2D eigenvalue weighted by atomic mass is 16.5. The number of carbonyl (C=O) groups excluding carboxylic acids is 2. The summed E-state index contributed by atoms with van der Waals surface area (Å²) in [5.74, 6) is 0.364. The van der Waals surface area contributed by atoms with Gasteiger partial charge in [0.25, 0.3) is 0 Å². The normalized spacial score (nSPS) is 10.1. The summed E-state index contributed by atoms with van der Waals surface area (Å²) in [4.78, 5) is 23.5. The summed E-state index contributed by atoms with van der Waals surface area (Å²) in [7, 11) is 1.46. The van der Waals surface area contributed by atoms with Gasteiger partial charge in [-0.25, -0.2) is 0 Å². The molecule has 0 unspecified atom stereocenters. The molecule has 108 valence electrons. The standard InChI is InChI=1S/C17H16O4/c1-20-11-15(18)12-21-16-9-7-14(8-10-16)17(19)13-5-3-2-4-6-13/h2-10H,11-12H2,1H3. The molecule has 0 aliphatic rings. The lowest BCUT2D eigenvalue weighted by Gasteiger charge is -2.06. The maximum Gasteiger partial charge on any atom is 0.195 e. The van der Waals surface area contributed by atoms with Gasteiger partial charge in [0.05, 0.1) is 0 Å². The van der Waals surface area contributed by atoms with Crippen molar-refractivity contribution >= 4 is 11.6 Å².